The van der Waals surface area contributed by atoms with Crippen LogP contribution in [0.5, 0.6) is 0 Å². The van der Waals surface area contributed by atoms with Crippen LogP contribution in [0.2, 0.25) is 0 Å². The monoisotopic (exact) mass is 375 g/mol. The van der Waals surface area contributed by atoms with Crippen LogP contribution in [0.1, 0.15) is 10.5 Å². The minimum absolute atomic E-state index is 0.0367. The van der Waals surface area contributed by atoms with Crippen molar-refractivity contribution < 1.29 is 9.90 Å². The lowest BCUT2D eigenvalue weighted by molar-refractivity contribution is 0.111. The largest absolute Gasteiger partial charge is 0.395 e. The molecule has 0 radical (unpaired) electrons. The second kappa shape index (κ2) is 7.75. The van der Waals surface area contributed by atoms with Crippen molar-refractivity contribution in [1.29, 1.82) is 0 Å². The highest BCUT2D eigenvalue weighted by Gasteiger charge is 2.14. The van der Waals surface area contributed by atoms with E-state index in [1.54, 1.807) is 24.0 Å². The number of nitrogens with one attached hydrogen (secondary N) is 2. The highest BCUT2D eigenvalue weighted by molar-refractivity contribution is 5.85. The molecule has 3 N–H and O–H groups in total. The lowest BCUT2D eigenvalue weighted by atomic mass is 10.1. The fraction of sp³-hybridized carbons (Fsp3) is 0.190. The van der Waals surface area contributed by atoms with Crippen LogP contribution >= 0.6 is 0 Å². The summed E-state index contributed by atoms with van der Waals surface area (Å²) in [5.74, 6) is 0. The topological polar surface area (TPSA) is 95.8 Å². The van der Waals surface area contributed by atoms with Gasteiger partial charge in [0.1, 0.15) is 5.69 Å². The molecule has 1 atom stereocenters. The van der Waals surface area contributed by atoms with Crippen molar-refractivity contribution in [3.63, 3.8) is 0 Å². The van der Waals surface area contributed by atoms with E-state index in [2.05, 4.69) is 26.4 Å². The van der Waals surface area contributed by atoms with Crippen LogP contribution in [0.25, 0.3) is 33.4 Å². The molecule has 0 aliphatic heterocycles. The quantitative estimate of drug-likeness (QED) is 0.431. The van der Waals surface area contributed by atoms with Gasteiger partial charge in [0.25, 0.3) is 0 Å². The van der Waals surface area contributed by atoms with Crippen LogP contribution in [0, 0.1) is 0 Å². The molecular formula is C21H21N5O2. The number of hydrogen-bond donors (Lipinski definition) is 3. The van der Waals surface area contributed by atoms with Crippen LogP contribution in [-0.4, -0.2) is 50.8 Å². The maximum absolute atomic E-state index is 11.5. The van der Waals surface area contributed by atoms with E-state index in [-0.39, 0.29) is 12.6 Å². The predicted molar refractivity (Wildman–Crippen MR) is 108 cm³/mol. The molecule has 3 aromatic heterocycles. The Kier molecular flexibility index (Phi) is 5.01. The van der Waals surface area contributed by atoms with Crippen molar-refractivity contribution in [3.05, 3.63) is 60.6 Å². The summed E-state index contributed by atoms with van der Waals surface area (Å²) in [6.07, 6.45) is 4.44. The molecule has 3 heterocycles. The van der Waals surface area contributed by atoms with E-state index < -0.39 is 0 Å². The fourth-order valence-electron chi connectivity index (χ4n) is 3.22. The van der Waals surface area contributed by atoms with Gasteiger partial charge in [-0.2, -0.15) is 5.10 Å². The maximum atomic E-state index is 11.5. The van der Waals surface area contributed by atoms with Crippen molar-refractivity contribution in [2.24, 2.45) is 0 Å². The first kappa shape index (κ1) is 18.1. The van der Waals surface area contributed by atoms with Crippen molar-refractivity contribution in [3.8, 4) is 22.5 Å². The fourth-order valence-corrected chi connectivity index (χ4v) is 3.22. The number of carbonyl (C=O) groups is 1. The molecule has 28 heavy (non-hydrogen) atoms. The van der Waals surface area contributed by atoms with Crippen molar-refractivity contribution in [2.45, 2.75) is 12.6 Å². The van der Waals surface area contributed by atoms with Crippen molar-refractivity contribution >= 4 is 17.2 Å². The van der Waals surface area contributed by atoms with Crippen LogP contribution < -0.4 is 5.32 Å². The second-order valence-corrected chi connectivity index (χ2v) is 6.63. The number of aromatic amines is 1. The van der Waals surface area contributed by atoms with Gasteiger partial charge in [0, 0.05) is 40.5 Å². The van der Waals surface area contributed by atoms with E-state index in [0.717, 1.165) is 34.0 Å². The van der Waals surface area contributed by atoms with Gasteiger partial charge in [0.05, 0.1) is 24.5 Å². The second-order valence-electron chi connectivity index (χ2n) is 6.63. The number of rotatable bonds is 7. The number of carbonyl (C=O) groups excluding carboxylic acids is 1. The van der Waals surface area contributed by atoms with Gasteiger partial charge in [-0.25, -0.2) is 0 Å². The third-order valence-corrected chi connectivity index (χ3v) is 4.86. The van der Waals surface area contributed by atoms with E-state index in [4.69, 9.17) is 0 Å². The van der Waals surface area contributed by atoms with Gasteiger partial charge in [-0.05, 0) is 43.4 Å². The minimum Gasteiger partial charge on any atom is -0.395 e. The molecule has 0 fully saturated rings. The number of H-pyrrole nitrogens is 1. The van der Waals surface area contributed by atoms with E-state index in [1.807, 2.05) is 36.5 Å². The zero-order valence-electron chi connectivity index (χ0n) is 15.5. The van der Waals surface area contributed by atoms with E-state index in [1.165, 1.54) is 0 Å². The first-order valence-corrected chi connectivity index (χ1v) is 9.07. The zero-order valence-corrected chi connectivity index (χ0v) is 15.5. The first-order chi connectivity index (χ1) is 13.7. The summed E-state index contributed by atoms with van der Waals surface area (Å²) in [5.41, 5.74) is 4.98. The number of aromatic nitrogens is 4. The van der Waals surface area contributed by atoms with Crippen LogP contribution in [0.4, 0.5) is 0 Å². The van der Waals surface area contributed by atoms with Crippen molar-refractivity contribution in [2.75, 3.05) is 13.7 Å². The number of aldehydes is 1. The average Bonchev–Trinajstić information content (AvgIpc) is 3.38. The Hall–Kier alpha value is -3.29. The molecule has 0 aliphatic carbocycles. The van der Waals surface area contributed by atoms with Gasteiger partial charge in [-0.1, -0.05) is 6.07 Å². The summed E-state index contributed by atoms with van der Waals surface area (Å²) in [4.78, 5) is 19.1. The van der Waals surface area contributed by atoms with Crippen LogP contribution in [0.3, 0.4) is 0 Å². The highest BCUT2D eigenvalue weighted by atomic mass is 16.3. The Morgan fingerprint density at radius 1 is 1.18 bits per heavy atom. The highest BCUT2D eigenvalue weighted by Crippen LogP contribution is 2.26. The number of fused-ring (bicyclic) bond motifs is 1. The molecule has 1 aromatic carbocycles. The standard InChI is InChI=1S/C21H21N5O2/c1-22-17(12-27)11-26-18(13-28)10-21(25-26)16-5-7-24-20(9-16)14-2-3-19-15(8-14)4-6-23-19/h2-10,13,17,22-23,27H,11-12H2,1H3. The number of pyridine rings is 1. The van der Waals surface area contributed by atoms with Crippen molar-refractivity contribution in [1.82, 2.24) is 25.1 Å². The van der Waals surface area contributed by atoms with E-state index >= 15 is 0 Å². The average molecular weight is 375 g/mol. The van der Waals surface area contributed by atoms with Gasteiger partial charge in [-0.3, -0.25) is 14.5 Å². The number of aliphatic hydroxyl groups is 1. The molecule has 0 aliphatic rings. The Morgan fingerprint density at radius 2 is 2.04 bits per heavy atom. The number of nitrogens with zero attached hydrogens (tertiary/aromatic N) is 3. The van der Waals surface area contributed by atoms with Crippen LogP contribution in [0.15, 0.2) is 54.9 Å². The summed E-state index contributed by atoms with van der Waals surface area (Å²) in [6, 6.07) is 13.6. The number of benzene rings is 1. The van der Waals surface area contributed by atoms with Gasteiger partial charge < -0.3 is 15.4 Å². The number of likely N-dealkylation sites (N-methyl/N-ethyl adjacent to an activating group) is 1. The molecule has 0 bridgehead atoms. The summed E-state index contributed by atoms with van der Waals surface area (Å²) in [5, 5.41) is 18.1. The number of aliphatic hydroxyl groups excluding tert-OH is 1. The molecule has 4 aromatic rings. The Labute approximate surface area is 162 Å². The third kappa shape index (κ3) is 3.45. The molecule has 0 saturated carbocycles. The minimum atomic E-state index is -0.174. The van der Waals surface area contributed by atoms with Crippen LogP contribution in [-0.2, 0) is 6.54 Å². The smallest absolute Gasteiger partial charge is 0.168 e. The number of hydrogen-bond acceptors (Lipinski definition) is 5. The van der Waals surface area contributed by atoms with Gasteiger partial charge >= 0.3 is 0 Å². The molecule has 1 unspecified atom stereocenters. The van der Waals surface area contributed by atoms with Gasteiger partial charge in [-0.15, -0.1) is 0 Å². The summed E-state index contributed by atoms with van der Waals surface area (Å²) < 4.78 is 1.62. The molecule has 4 rings (SSSR count). The lowest BCUT2D eigenvalue weighted by Crippen LogP contribution is -2.34. The molecule has 0 amide bonds. The van der Waals surface area contributed by atoms with Gasteiger partial charge in [0.2, 0.25) is 0 Å². The van der Waals surface area contributed by atoms with E-state index in [9.17, 15) is 9.90 Å². The molecule has 0 saturated heterocycles. The lowest BCUT2D eigenvalue weighted by Gasteiger charge is -2.13. The Morgan fingerprint density at radius 3 is 2.82 bits per heavy atom. The third-order valence-electron chi connectivity index (χ3n) is 4.86. The zero-order chi connectivity index (χ0) is 19.5. The molecule has 7 nitrogen and oxygen atoms in total. The molecule has 0 spiro atoms. The Balaban J connectivity index is 1.69. The summed E-state index contributed by atoms with van der Waals surface area (Å²) in [6.45, 7) is 0.369. The van der Waals surface area contributed by atoms with Gasteiger partial charge in [0.15, 0.2) is 6.29 Å². The predicted octanol–water partition coefficient (Wildman–Crippen LogP) is 2.49. The summed E-state index contributed by atoms with van der Waals surface area (Å²) in [7, 11) is 1.77. The maximum Gasteiger partial charge on any atom is 0.168 e. The molecule has 142 valence electrons. The normalized spacial score (nSPS) is 12.4. The molecule has 7 heteroatoms. The molecular weight excluding hydrogens is 354 g/mol. The van der Waals surface area contributed by atoms with E-state index in [0.29, 0.717) is 17.9 Å². The SMILES string of the molecule is CNC(CO)Cn1nc(-c2ccnc(-c3ccc4[nH]ccc4c3)c2)cc1C=O. The Bertz CT molecular complexity index is 1110. The summed E-state index contributed by atoms with van der Waals surface area (Å²) >= 11 is 0. The first-order valence-electron chi connectivity index (χ1n) is 9.07.